The summed E-state index contributed by atoms with van der Waals surface area (Å²) in [6, 6.07) is 70.7. The quantitative estimate of drug-likeness (QED) is 0.174. The summed E-state index contributed by atoms with van der Waals surface area (Å²) in [5.41, 5.74) is 18.7. The van der Waals surface area contributed by atoms with Gasteiger partial charge in [0.2, 0.25) is 0 Å². The van der Waals surface area contributed by atoms with Gasteiger partial charge in [-0.25, -0.2) is 0 Å². The van der Waals surface area contributed by atoms with E-state index in [4.69, 9.17) is 8.83 Å². The van der Waals surface area contributed by atoms with Crippen LogP contribution in [0.5, 0.6) is 0 Å². The number of para-hydroxylation sites is 2. The van der Waals surface area contributed by atoms with Gasteiger partial charge in [-0.3, -0.25) is 0 Å². The predicted molar refractivity (Wildman–Crippen MR) is 253 cm³/mol. The van der Waals surface area contributed by atoms with Crippen molar-refractivity contribution in [2.24, 2.45) is 0 Å². The minimum absolute atomic E-state index is 0.338. The van der Waals surface area contributed by atoms with E-state index in [-0.39, 0.29) is 0 Å². The molecule has 0 bridgehead atoms. The van der Waals surface area contributed by atoms with Crippen LogP contribution < -0.4 is 0 Å². The monoisotopic (exact) mass is 781 g/mol. The first-order valence-corrected chi connectivity index (χ1v) is 21.3. The fraction of sp³-hybridized carbons (Fsp3) is 0.0690. The first-order valence-electron chi connectivity index (χ1n) is 21.3. The lowest BCUT2D eigenvalue weighted by Crippen LogP contribution is -2.17. The van der Waals surface area contributed by atoms with Gasteiger partial charge in [-0.15, -0.1) is 0 Å². The first kappa shape index (κ1) is 34.3. The van der Waals surface area contributed by atoms with Crippen LogP contribution in [0, 0.1) is 0 Å². The van der Waals surface area contributed by atoms with E-state index in [1.165, 1.54) is 60.8 Å². The molecule has 3 heterocycles. The number of nitrogens with zero attached hydrogens (tertiary/aromatic N) is 1. The minimum Gasteiger partial charge on any atom is -0.456 e. The van der Waals surface area contributed by atoms with E-state index in [2.05, 4.69) is 206 Å². The molecule has 2 unspecified atom stereocenters. The highest BCUT2D eigenvalue weighted by Gasteiger charge is 2.29. The third-order valence-corrected chi connectivity index (χ3v) is 13.5. The maximum Gasteiger partial charge on any atom is 0.147 e. The molecule has 0 saturated carbocycles. The molecule has 0 amide bonds. The average Bonchev–Trinajstić information content (AvgIpc) is 4.00. The molecule has 0 N–H and O–H groups in total. The van der Waals surface area contributed by atoms with E-state index in [0.29, 0.717) is 11.8 Å². The summed E-state index contributed by atoms with van der Waals surface area (Å²) < 4.78 is 15.6. The Morgan fingerprint density at radius 1 is 0.459 bits per heavy atom. The Kier molecular flexibility index (Phi) is 7.41. The average molecular weight is 782 g/mol. The lowest BCUT2D eigenvalue weighted by Gasteiger charge is -2.32. The minimum atomic E-state index is 0.338. The zero-order valence-electron chi connectivity index (χ0n) is 33.6. The molecule has 1 aliphatic rings. The second-order valence-corrected chi connectivity index (χ2v) is 16.8. The molecule has 0 spiro atoms. The van der Waals surface area contributed by atoms with E-state index in [9.17, 15) is 0 Å². The van der Waals surface area contributed by atoms with Crippen LogP contribution in [0.15, 0.2) is 203 Å². The SMILES string of the molecule is CC(c1cccc(-c2ccc3oc4ccc5c6cc(-c7ccc8c(c7)c7ccccc7n8-c7ccccc7)ccc6oc5c4c3c2)c1)C1Cc2ccccc2-c2ccccc21. The van der Waals surface area contributed by atoms with Crippen molar-refractivity contribution in [1.82, 2.24) is 4.57 Å². The Balaban J connectivity index is 0.888. The molecule has 3 nitrogen and oxygen atoms in total. The van der Waals surface area contributed by atoms with Crippen LogP contribution >= 0.6 is 0 Å². The standard InChI is InChI=1S/C58H39NO2/c1-35(48-34-41-12-5-6-17-43(41)44-18-7-8-19-45(44)48)36-13-11-14-37(30-36)40-24-28-55-51(33-40)57-56(60-55)29-25-47-50-32-39(23-27-54(50)61-58(47)57)38-22-26-53-49(31-38)46-20-9-10-21-52(46)59(53)42-15-3-2-4-16-42/h2-33,35,48H,34H2,1H3. The second kappa shape index (κ2) is 13.2. The lowest BCUT2D eigenvalue weighted by molar-refractivity contribution is 0.568. The van der Waals surface area contributed by atoms with E-state index < -0.39 is 0 Å². The second-order valence-electron chi connectivity index (χ2n) is 16.8. The van der Waals surface area contributed by atoms with Crippen LogP contribution in [0.25, 0.3) is 105 Å². The summed E-state index contributed by atoms with van der Waals surface area (Å²) in [5, 5.41) is 6.75. The van der Waals surface area contributed by atoms with Crippen LogP contribution in [-0.2, 0) is 6.42 Å². The first-order chi connectivity index (χ1) is 30.1. The summed E-state index contributed by atoms with van der Waals surface area (Å²) in [4.78, 5) is 0. The summed E-state index contributed by atoms with van der Waals surface area (Å²) in [6.45, 7) is 2.40. The Hall–Kier alpha value is -7.62. The molecule has 0 aliphatic heterocycles. The number of furan rings is 2. The van der Waals surface area contributed by atoms with Gasteiger partial charge in [0.05, 0.1) is 16.4 Å². The summed E-state index contributed by atoms with van der Waals surface area (Å²) in [6.07, 6.45) is 1.04. The van der Waals surface area contributed by atoms with Crippen molar-refractivity contribution in [3.05, 3.63) is 211 Å². The number of aromatic nitrogens is 1. The molecule has 2 atom stereocenters. The molecule has 0 radical (unpaired) electrons. The van der Waals surface area contributed by atoms with Gasteiger partial charge in [-0.2, -0.15) is 0 Å². The third-order valence-electron chi connectivity index (χ3n) is 13.5. The Morgan fingerprint density at radius 2 is 1.11 bits per heavy atom. The molecular formula is C58H39NO2. The molecule has 3 aromatic heterocycles. The highest BCUT2D eigenvalue weighted by atomic mass is 16.3. The van der Waals surface area contributed by atoms with Crippen molar-refractivity contribution in [2.75, 3.05) is 0 Å². The number of benzene rings is 9. The van der Waals surface area contributed by atoms with Gasteiger partial charge in [0.15, 0.2) is 0 Å². The fourth-order valence-corrected chi connectivity index (χ4v) is 10.5. The van der Waals surface area contributed by atoms with Crippen molar-refractivity contribution < 1.29 is 8.83 Å². The maximum absolute atomic E-state index is 6.76. The van der Waals surface area contributed by atoms with E-state index >= 15 is 0 Å². The third kappa shape index (κ3) is 5.23. The van der Waals surface area contributed by atoms with Crippen LogP contribution in [0.2, 0.25) is 0 Å². The van der Waals surface area contributed by atoms with Crippen molar-refractivity contribution in [1.29, 1.82) is 0 Å². The van der Waals surface area contributed by atoms with Gasteiger partial charge in [0, 0.05) is 32.6 Å². The normalized spacial score (nSPS) is 14.3. The molecule has 0 fully saturated rings. The van der Waals surface area contributed by atoms with Crippen LogP contribution in [0.1, 0.15) is 35.4 Å². The highest BCUT2D eigenvalue weighted by molar-refractivity contribution is 6.22. The molecule has 0 saturated heterocycles. The van der Waals surface area contributed by atoms with Crippen molar-refractivity contribution in [3.63, 3.8) is 0 Å². The number of hydrogen-bond acceptors (Lipinski definition) is 2. The van der Waals surface area contributed by atoms with Gasteiger partial charge in [0.25, 0.3) is 0 Å². The maximum atomic E-state index is 6.76. The smallest absolute Gasteiger partial charge is 0.147 e. The number of hydrogen-bond donors (Lipinski definition) is 0. The predicted octanol–water partition coefficient (Wildman–Crippen LogP) is 16.0. The molecule has 3 heteroatoms. The zero-order chi connectivity index (χ0) is 40.2. The fourth-order valence-electron chi connectivity index (χ4n) is 10.5. The molecule has 61 heavy (non-hydrogen) atoms. The number of fused-ring (bicyclic) bond motifs is 13. The largest absolute Gasteiger partial charge is 0.456 e. The Bertz CT molecular complexity index is 3710. The summed E-state index contributed by atoms with van der Waals surface area (Å²) in [7, 11) is 0. The summed E-state index contributed by atoms with van der Waals surface area (Å²) in [5.74, 6) is 0.734. The number of rotatable bonds is 5. The van der Waals surface area contributed by atoms with Crippen LogP contribution in [0.3, 0.4) is 0 Å². The van der Waals surface area contributed by atoms with E-state index in [1.807, 2.05) is 0 Å². The molecular weight excluding hydrogens is 743 g/mol. The zero-order valence-corrected chi connectivity index (χ0v) is 33.6. The van der Waals surface area contributed by atoms with E-state index in [0.717, 1.165) is 67.1 Å². The van der Waals surface area contributed by atoms with Gasteiger partial charge in [0.1, 0.15) is 22.3 Å². The van der Waals surface area contributed by atoms with Gasteiger partial charge in [-0.1, -0.05) is 134 Å². The van der Waals surface area contributed by atoms with Crippen LogP contribution in [0.4, 0.5) is 0 Å². The lowest BCUT2D eigenvalue weighted by atomic mass is 9.71. The molecule has 12 aromatic rings. The van der Waals surface area contributed by atoms with Crippen molar-refractivity contribution in [3.8, 4) is 39.1 Å². The summed E-state index contributed by atoms with van der Waals surface area (Å²) >= 11 is 0. The van der Waals surface area contributed by atoms with Gasteiger partial charge >= 0.3 is 0 Å². The molecule has 9 aromatic carbocycles. The van der Waals surface area contributed by atoms with E-state index in [1.54, 1.807) is 0 Å². The molecule has 288 valence electrons. The van der Waals surface area contributed by atoms with Gasteiger partial charge < -0.3 is 13.4 Å². The Morgan fingerprint density at radius 3 is 1.98 bits per heavy atom. The van der Waals surface area contributed by atoms with Crippen molar-refractivity contribution >= 4 is 65.7 Å². The van der Waals surface area contributed by atoms with Crippen LogP contribution in [-0.4, -0.2) is 4.57 Å². The molecule has 13 rings (SSSR count). The highest BCUT2D eigenvalue weighted by Crippen LogP contribution is 2.47. The van der Waals surface area contributed by atoms with Gasteiger partial charge in [-0.05, 0) is 135 Å². The Labute approximate surface area is 352 Å². The molecule has 1 aliphatic carbocycles. The van der Waals surface area contributed by atoms with Crippen molar-refractivity contribution in [2.45, 2.75) is 25.2 Å². The topological polar surface area (TPSA) is 31.2 Å².